The summed E-state index contributed by atoms with van der Waals surface area (Å²) in [6.45, 7) is 6.43. The lowest BCUT2D eigenvalue weighted by atomic mass is 10.0. The van der Waals surface area contributed by atoms with Gasteiger partial charge in [0, 0.05) is 31.9 Å². The molecule has 0 amide bonds. The van der Waals surface area contributed by atoms with Crippen molar-refractivity contribution in [1.82, 2.24) is 14.8 Å². The summed E-state index contributed by atoms with van der Waals surface area (Å²) in [5.74, 6) is 0. The molecule has 4 heteroatoms. The van der Waals surface area contributed by atoms with E-state index in [9.17, 15) is 0 Å². The third kappa shape index (κ3) is 4.50. The van der Waals surface area contributed by atoms with Crippen molar-refractivity contribution < 1.29 is 0 Å². The Bertz CT molecular complexity index is 718. The van der Waals surface area contributed by atoms with E-state index < -0.39 is 0 Å². The number of hydrogen-bond acceptors (Lipinski definition) is 3. The van der Waals surface area contributed by atoms with Gasteiger partial charge in [-0.2, -0.15) is 5.26 Å². The molecule has 3 rings (SSSR count). The van der Waals surface area contributed by atoms with Crippen molar-refractivity contribution in [3.63, 3.8) is 0 Å². The van der Waals surface area contributed by atoms with E-state index >= 15 is 0 Å². The van der Waals surface area contributed by atoms with Crippen LogP contribution >= 0.6 is 0 Å². The van der Waals surface area contributed by atoms with Crippen LogP contribution in [-0.4, -0.2) is 35.1 Å². The molecule has 1 fully saturated rings. The molecule has 2 heterocycles. The monoisotopic (exact) mass is 336 g/mol. The first kappa shape index (κ1) is 17.7. The highest BCUT2D eigenvalue weighted by Crippen LogP contribution is 2.16. The van der Waals surface area contributed by atoms with Crippen LogP contribution in [0.25, 0.3) is 0 Å². The Morgan fingerprint density at radius 1 is 1.20 bits per heavy atom. The molecule has 0 atom stereocenters. The number of benzene rings is 1. The Hall–Kier alpha value is -2.09. The zero-order valence-corrected chi connectivity index (χ0v) is 15.3. The molecule has 0 radical (unpaired) electrons. The van der Waals surface area contributed by atoms with Crippen molar-refractivity contribution in [2.24, 2.45) is 7.05 Å². The van der Waals surface area contributed by atoms with Crippen molar-refractivity contribution in [2.45, 2.75) is 38.8 Å². The van der Waals surface area contributed by atoms with Gasteiger partial charge in [0.05, 0.1) is 0 Å². The fourth-order valence-electron chi connectivity index (χ4n) is 3.60. The largest absolute Gasteiger partial charge is 0.340 e. The summed E-state index contributed by atoms with van der Waals surface area (Å²) >= 11 is 0. The van der Waals surface area contributed by atoms with Gasteiger partial charge in [-0.3, -0.25) is 0 Å². The molecule has 1 aliphatic heterocycles. The van der Waals surface area contributed by atoms with Crippen molar-refractivity contribution >= 4 is 0 Å². The molecule has 4 nitrogen and oxygen atoms in total. The maximum absolute atomic E-state index is 9.14. The zero-order valence-electron chi connectivity index (χ0n) is 15.3. The normalized spacial score (nSPS) is 16.0. The summed E-state index contributed by atoms with van der Waals surface area (Å²) in [4.78, 5) is 2.58. The molecule has 0 bridgehead atoms. The quantitative estimate of drug-likeness (QED) is 0.882. The van der Waals surface area contributed by atoms with Crippen molar-refractivity contribution in [2.75, 3.05) is 19.6 Å². The molecule has 2 aromatic rings. The minimum absolute atomic E-state index is 0.582. The SMILES string of the molecule is Cc1c(CNC2CCN(CCc3ccccc3)CC2)cc(C#N)n1C. The highest BCUT2D eigenvalue weighted by atomic mass is 15.1. The van der Waals surface area contributed by atoms with E-state index in [0.717, 1.165) is 25.2 Å². The Balaban J connectivity index is 1.41. The average Bonchev–Trinajstić information content (AvgIpc) is 2.94. The van der Waals surface area contributed by atoms with Crippen LogP contribution in [0.2, 0.25) is 0 Å². The first-order valence-corrected chi connectivity index (χ1v) is 9.22. The minimum atomic E-state index is 0.582. The van der Waals surface area contributed by atoms with Gasteiger partial charge in [-0.05, 0) is 56.5 Å². The first-order valence-electron chi connectivity index (χ1n) is 9.22. The molecule has 1 saturated heterocycles. The van der Waals surface area contributed by atoms with Crippen molar-refractivity contribution in [3.8, 4) is 6.07 Å². The van der Waals surface area contributed by atoms with Gasteiger partial charge in [-0.1, -0.05) is 30.3 Å². The van der Waals surface area contributed by atoms with Crippen LogP contribution in [0.5, 0.6) is 0 Å². The second-order valence-corrected chi connectivity index (χ2v) is 7.04. The highest BCUT2D eigenvalue weighted by Gasteiger charge is 2.19. The molecule has 0 saturated carbocycles. The second-order valence-electron chi connectivity index (χ2n) is 7.04. The summed E-state index contributed by atoms with van der Waals surface area (Å²) < 4.78 is 1.98. The lowest BCUT2D eigenvalue weighted by Crippen LogP contribution is -2.42. The lowest BCUT2D eigenvalue weighted by molar-refractivity contribution is 0.199. The van der Waals surface area contributed by atoms with E-state index in [-0.39, 0.29) is 0 Å². The van der Waals surface area contributed by atoms with E-state index in [4.69, 9.17) is 5.26 Å². The molecular weight excluding hydrogens is 308 g/mol. The third-order valence-corrected chi connectivity index (χ3v) is 5.48. The topological polar surface area (TPSA) is 44.0 Å². The van der Waals surface area contributed by atoms with Crippen LogP contribution < -0.4 is 5.32 Å². The minimum Gasteiger partial charge on any atom is -0.340 e. The summed E-state index contributed by atoms with van der Waals surface area (Å²) in [5.41, 5.74) is 4.59. The van der Waals surface area contributed by atoms with Gasteiger partial charge in [-0.25, -0.2) is 0 Å². The van der Waals surface area contributed by atoms with Gasteiger partial charge >= 0.3 is 0 Å². The van der Waals surface area contributed by atoms with Crippen molar-refractivity contribution in [3.05, 3.63) is 58.9 Å². The summed E-state index contributed by atoms with van der Waals surface area (Å²) in [6, 6.07) is 15.6. The molecule has 1 aromatic carbocycles. The van der Waals surface area contributed by atoms with Crippen LogP contribution in [0, 0.1) is 18.3 Å². The van der Waals surface area contributed by atoms with Crippen LogP contribution in [0.15, 0.2) is 36.4 Å². The molecule has 1 N–H and O–H groups in total. The number of nitrogens with zero attached hydrogens (tertiary/aromatic N) is 3. The number of nitriles is 1. The number of hydrogen-bond donors (Lipinski definition) is 1. The molecule has 0 spiro atoms. The van der Waals surface area contributed by atoms with Crippen LogP contribution in [0.1, 0.15) is 35.4 Å². The molecule has 1 aromatic heterocycles. The maximum Gasteiger partial charge on any atom is 0.120 e. The summed E-state index contributed by atoms with van der Waals surface area (Å²) in [6.07, 6.45) is 3.54. The molecule has 0 aliphatic carbocycles. The maximum atomic E-state index is 9.14. The Morgan fingerprint density at radius 2 is 1.92 bits per heavy atom. The molecular formula is C21H28N4. The lowest BCUT2D eigenvalue weighted by Gasteiger charge is -2.32. The van der Waals surface area contributed by atoms with Crippen LogP contribution in [0.4, 0.5) is 0 Å². The standard InChI is InChI=1S/C21H28N4/c1-17-19(14-21(15-22)24(17)2)16-23-20-9-12-25(13-10-20)11-8-18-6-4-3-5-7-18/h3-7,14,20,23H,8-13,16H2,1-2H3. The average molecular weight is 336 g/mol. The van der Waals surface area contributed by atoms with Crippen molar-refractivity contribution in [1.29, 1.82) is 5.26 Å². The number of rotatable bonds is 6. The number of likely N-dealkylation sites (tertiary alicyclic amines) is 1. The Labute approximate surface area is 151 Å². The smallest absolute Gasteiger partial charge is 0.120 e. The van der Waals surface area contributed by atoms with Gasteiger partial charge in [-0.15, -0.1) is 0 Å². The molecule has 1 aliphatic rings. The molecule has 132 valence electrons. The van der Waals surface area contributed by atoms with Crippen LogP contribution in [0.3, 0.4) is 0 Å². The Morgan fingerprint density at radius 3 is 2.56 bits per heavy atom. The first-order chi connectivity index (χ1) is 12.2. The zero-order chi connectivity index (χ0) is 17.6. The fraction of sp³-hybridized carbons (Fsp3) is 0.476. The predicted molar refractivity (Wildman–Crippen MR) is 101 cm³/mol. The highest BCUT2D eigenvalue weighted by molar-refractivity contribution is 5.34. The third-order valence-electron chi connectivity index (χ3n) is 5.48. The van der Waals surface area contributed by atoms with Gasteiger partial charge in [0.15, 0.2) is 0 Å². The Kier molecular flexibility index (Phi) is 5.91. The molecule has 0 unspecified atom stereocenters. The van der Waals surface area contributed by atoms with E-state index in [0.29, 0.717) is 6.04 Å². The number of nitrogens with one attached hydrogen (secondary N) is 1. The van der Waals surface area contributed by atoms with E-state index in [1.165, 1.54) is 42.8 Å². The van der Waals surface area contributed by atoms with E-state index in [1.807, 2.05) is 17.7 Å². The van der Waals surface area contributed by atoms with Gasteiger partial charge in [0.25, 0.3) is 0 Å². The van der Waals surface area contributed by atoms with Gasteiger partial charge in [0.1, 0.15) is 11.8 Å². The summed E-state index contributed by atoms with van der Waals surface area (Å²) in [7, 11) is 1.96. The molecule has 25 heavy (non-hydrogen) atoms. The number of piperidine rings is 1. The van der Waals surface area contributed by atoms with Gasteiger partial charge in [0.2, 0.25) is 0 Å². The van der Waals surface area contributed by atoms with E-state index in [2.05, 4.69) is 53.5 Å². The van der Waals surface area contributed by atoms with Crippen LogP contribution in [-0.2, 0) is 20.0 Å². The predicted octanol–water partition coefficient (Wildman–Crippen LogP) is 3.00. The summed E-state index contributed by atoms with van der Waals surface area (Å²) in [5, 5.41) is 12.8. The second kappa shape index (κ2) is 8.33. The number of aromatic nitrogens is 1. The van der Waals surface area contributed by atoms with E-state index in [1.54, 1.807) is 0 Å². The fourth-order valence-corrected chi connectivity index (χ4v) is 3.60. The van der Waals surface area contributed by atoms with Gasteiger partial charge < -0.3 is 14.8 Å².